The van der Waals surface area contributed by atoms with Gasteiger partial charge in [0, 0.05) is 36.2 Å². The van der Waals surface area contributed by atoms with Gasteiger partial charge in [0.25, 0.3) is 17.4 Å². The molecule has 48 heavy (non-hydrogen) atoms. The number of aromatic nitrogens is 1. The average molecular weight is 658 g/mol. The molecule has 7 rings (SSSR count). The highest BCUT2D eigenvalue weighted by Crippen LogP contribution is 2.66. The zero-order valence-corrected chi connectivity index (χ0v) is 27.9. The van der Waals surface area contributed by atoms with Gasteiger partial charge >= 0.3 is 0 Å². The Labute approximate surface area is 278 Å². The van der Waals surface area contributed by atoms with Gasteiger partial charge in [-0.2, -0.15) is 0 Å². The Balaban J connectivity index is 1.16. The lowest BCUT2D eigenvalue weighted by molar-refractivity contribution is -0.140. The molecule has 4 amide bonds. The quantitative estimate of drug-likeness (QED) is 0.229. The lowest BCUT2D eigenvalue weighted by Crippen LogP contribution is -2.65. The van der Waals surface area contributed by atoms with Crippen LogP contribution in [0.25, 0.3) is 11.0 Å². The number of ketones is 1. The average Bonchev–Trinajstić information content (AvgIpc) is 3.34. The molecule has 2 heterocycles. The lowest BCUT2D eigenvalue weighted by atomic mass is 9.43. The third kappa shape index (κ3) is 6.52. The molecular weight excluding hydrogens is 614 g/mol. The molecule has 0 spiro atoms. The summed E-state index contributed by atoms with van der Waals surface area (Å²) in [5.41, 5.74) is 0.531. The van der Waals surface area contributed by atoms with Crippen LogP contribution in [0.1, 0.15) is 81.3 Å². The number of likely N-dealkylation sites (N-methyl/N-ethyl adjacent to an activating group) is 1. The molecule has 2 aromatic heterocycles. The maximum absolute atomic E-state index is 13.6. The van der Waals surface area contributed by atoms with E-state index in [1.807, 2.05) is 12.1 Å². The molecule has 3 aromatic rings. The Kier molecular flexibility index (Phi) is 8.55. The summed E-state index contributed by atoms with van der Waals surface area (Å²) in [6.45, 7) is 6.16. The van der Waals surface area contributed by atoms with Crippen molar-refractivity contribution in [3.05, 3.63) is 64.3 Å². The maximum Gasteiger partial charge on any atom is 0.287 e. The van der Waals surface area contributed by atoms with Gasteiger partial charge in [0.2, 0.25) is 17.6 Å². The van der Waals surface area contributed by atoms with Gasteiger partial charge < -0.3 is 30.3 Å². The number of pyridine rings is 1. The number of nitrogens with one attached hydrogen (secondary N) is 4. The van der Waals surface area contributed by atoms with Crippen LogP contribution in [0, 0.1) is 23.7 Å². The van der Waals surface area contributed by atoms with Crippen molar-refractivity contribution in [1.82, 2.24) is 20.5 Å². The summed E-state index contributed by atoms with van der Waals surface area (Å²) >= 11 is 0. The molecular formula is C36H43N5O7. The second kappa shape index (κ2) is 12.4. The highest BCUT2D eigenvalue weighted by atomic mass is 16.3. The van der Waals surface area contributed by atoms with E-state index in [1.54, 1.807) is 25.1 Å². The van der Waals surface area contributed by atoms with Gasteiger partial charge in [0.15, 0.2) is 5.76 Å². The van der Waals surface area contributed by atoms with Crippen molar-refractivity contribution in [1.29, 1.82) is 0 Å². The Morgan fingerprint density at radius 1 is 0.979 bits per heavy atom. The number of benzene rings is 1. The number of anilines is 1. The fourth-order valence-corrected chi connectivity index (χ4v) is 9.47. The minimum Gasteiger partial charge on any atom is -0.451 e. The van der Waals surface area contributed by atoms with Gasteiger partial charge in [0.05, 0.1) is 0 Å². The van der Waals surface area contributed by atoms with Crippen LogP contribution in [0.15, 0.2) is 51.8 Å². The van der Waals surface area contributed by atoms with E-state index in [0.29, 0.717) is 17.1 Å². The van der Waals surface area contributed by atoms with Crippen LogP contribution in [0.3, 0.4) is 0 Å². The monoisotopic (exact) mass is 657 g/mol. The molecule has 254 valence electrons. The predicted molar refractivity (Wildman–Crippen MR) is 178 cm³/mol. The van der Waals surface area contributed by atoms with E-state index < -0.39 is 35.1 Å². The number of carbonyl (C=O) groups is 5. The van der Waals surface area contributed by atoms with Crippen molar-refractivity contribution in [3.63, 3.8) is 0 Å². The third-order valence-electron chi connectivity index (χ3n) is 10.4. The van der Waals surface area contributed by atoms with Crippen LogP contribution >= 0.6 is 0 Å². The minimum atomic E-state index is -1.30. The number of carbonyl (C=O) groups excluding carboxylic acids is 5. The molecule has 4 aliphatic rings. The molecule has 3 atom stereocenters. The highest BCUT2D eigenvalue weighted by Gasteiger charge is 2.60. The van der Waals surface area contributed by atoms with E-state index in [1.165, 1.54) is 43.1 Å². The predicted octanol–water partition coefficient (Wildman–Crippen LogP) is 3.60. The number of aryl methyl sites for hydroxylation is 1. The largest absolute Gasteiger partial charge is 0.451 e. The highest BCUT2D eigenvalue weighted by molar-refractivity contribution is 6.36. The molecule has 4 fully saturated rings. The topological polar surface area (TPSA) is 169 Å². The van der Waals surface area contributed by atoms with Crippen LogP contribution in [0.2, 0.25) is 0 Å². The number of nitrogens with zero attached hydrogens (tertiary/aromatic N) is 1. The summed E-state index contributed by atoms with van der Waals surface area (Å²) in [5, 5.41) is 11.5. The molecule has 4 aliphatic carbocycles. The van der Waals surface area contributed by atoms with Crippen molar-refractivity contribution < 1.29 is 28.4 Å². The second-order valence-corrected chi connectivity index (χ2v) is 14.9. The minimum absolute atomic E-state index is 0.00159. The van der Waals surface area contributed by atoms with E-state index in [0.717, 1.165) is 24.6 Å². The molecule has 12 heteroatoms. The molecule has 4 N–H and O–H groups in total. The Morgan fingerprint density at radius 3 is 2.35 bits per heavy atom. The van der Waals surface area contributed by atoms with E-state index in [9.17, 15) is 28.8 Å². The summed E-state index contributed by atoms with van der Waals surface area (Å²) < 4.78 is 6.99. The zero-order chi connectivity index (χ0) is 34.4. The molecule has 1 aromatic carbocycles. The van der Waals surface area contributed by atoms with E-state index in [-0.39, 0.29) is 53.1 Å². The van der Waals surface area contributed by atoms with Crippen LogP contribution in [-0.4, -0.2) is 52.6 Å². The van der Waals surface area contributed by atoms with Gasteiger partial charge in [-0.05, 0) is 86.8 Å². The molecule has 12 nitrogen and oxygen atoms in total. The van der Waals surface area contributed by atoms with E-state index >= 15 is 0 Å². The maximum atomic E-state index is 13.6. The number of Topliss-reactive ketones (excluding diaryl/α,β-unsaturated/α-hetero) is 1. The fraction of sp³-hybridized carbons (Fsp3) is 0.500. The molecule has 0 saturated heterocycles. The number of hydrogen-bond donors (Lipinski definition) is 4. The SMILES string of the molecule is CNC(=O)C(=O)CC[C@H](NC(=O)c1oc2ccccc2c1C)C(=O)Nc1cccn(CC(=O)NC23CC4CC(C)(CC(C)(C4)C2)C3)c1=O. The number of furan rings is 1. The van der Waals surface area contributed by atoms with Gasteiger partial charge in [-0.15, -0.1) is 0 Å². The molecule has 0 aliphatic heterocycles. The first-order valence-corrected chi connectivity index (χ1v) is 16.6. The summed E-state index contributed by atoms with van der Waals surface area (Å²) in [4.78, 5) is 77.9. The van der Waals surface area contributed by atoms with Crippen LogP contribution in [0.5, 0.6) is 0 Å². The zero-order valence-electron chi connectivity index (χ0n) is 27.9. The van der Waals surface area contributed by atoms with Gasteiger partial charge in [0.1, 0.15) is 23.9 Å². The fourth-order valence-electron chi connectivity index (χ4n) is 9.47. The van der Waals surface area contributed by atoms with Gasteiger partial charge in [-0.1, -0.05) is 32.0 Å². The summed E-state index contributed by atoms with van der Waals surface area (Å²) in [6, 6.07) is 8.77. The molecule has 4 bridgehead atoms. The number of amides is 4. The summed E-state index contributed by atoms with van der Waals surface area (Å²) in [7, 11) is 1.32. The van der Waals surface area contributed by atoms with Crippen LogP contribution < -0.4 is 26.8 Å². The summed E-state index contributed by atoms with van der Waals surface area (Å²) in [6.07, 6.45) is 7.34. The normalized spacial score (nSPS) is 26.1. The van der Waals surface area contributed by atoms with Crippen LogP contribution in [-0.2, 0) is 25.7 Å². The van der Waals surface area contributed by atoms with Crippen molar-refractivity contribution in [2.24, 2.45) is 16.7 Å². The van der Waals surface area contributed by atoms with E-state index in [2.05, 4.69) is 35.1 Å². The Bertz CT molecular complexity index is 1860. The van der Waals surface area contributed by atoms with Gasteiger partial charge in [-0.25, -0.2) is 0 Å². The third-order valence-corrected chi connectivity index (χ3v) is 10.4. The second-order valence-electron chi connectivity index (χ2n) is 14.9. The lowest BCUT2D eigenvalue weighted by Gasteiger charge is -2.65. The van der Waals surface area contributed by atoms with Crippen molar-refractivity contribution in [2.75, 3.05) is 12.4 Å². The van der Waals surface area contributed by atoms with Crippen LogP contribution in [0.4, 0.5) is 5.69 Å². The molecule has 4 saturated carbocycles. The number of hydrogen-bond acceptors (Lipinski definition) is 7. The summed E-state index contributed by atoms with van der Waals surface area (Å²) in [5.74, 6) is -2.71. The first-order chi connectivity index (χ1) is 22.7. The van der Waals surface area contributed by atoms with Gasteiger partial charge in [-0.3, -0.25) is 28.8 Å². The number of fused-ring (bicyclic) bond motifs is 1. The first kappa shape index (κ1) is 33.2. The van der Waals surface area contributed by atoms with Crippen molar-refractivity contribution in [3.8, 4) is 0 Å². The Hall–Kier alpha value is -4.74. The number of para-hydroxylation sites is 1. The first-order valence-electron chi connectivity index (χ1n) is 16.6. The van der Waals surface area contributed by atoms with Crippen molar-refractivity contribution >= 4 is 46.1 Å². The Morgan fingerprint density at radius 2 is 1.69 bits per heavy atom. The van der Waals surface area contributed by atoms with Crippen molar-refractivity contribution in [2.45, 2.75) is 90.3 Å². The standard InChI is InChI=1S/C36H43N5O7/c1-21-23-8-5-6-10-27(23)48-29(21)32(46)38-24(11-12-26(42)31(45)37-4)30(44)39-25-9-7-13-41(33(25)47)17-28(43)40-36-16-22-14-34(2,19-36)18-35(3,15-22)20-36/h5-10,13,22,24H,11-12,14-20H2,1-4H3,(H,37,45)(H,38,46)(H,39,44)(H,40,43)/t22?,24-,34?,35?,36?/m0/s1. The molecule has 0 radical (unpaired) electrons. The van der Waals surface area contributed by atoms with E-state index in [4.69, 9.17) is 4.42 Å². The smallest absolute Gasteiger partial charge is 0.287 e. The number of rotatable bonds is 11. The molecule has 2 unspecified atom stereocenters.